The zero-order valence-electron chi connectivity index (χ0n) is 18.5. The molecule has 0 aromatic heterocycles. The zero-order valence-corrected chi connectivity index (χ0v) is 20.1. The Kier molecular flexibility index (Phi) is 7.32. The van der Waals surface area contributed by atoms with Crippen LogP contribution in [0, 0.1) is 5.92 Å². The summed E-state index contributed by atoms with van der Waals surface area (Å²) in [6, 6.07) is 7.65. The van der Waals surface area contributed by atoms with Crippen LogP contribution in [-0.2, 0) is 25.9 Å². The van der Waals surface area contributed by atoms with Crippen molar-refractivity contribution in [3.63, 3.8) is 0 Å². The molecule has 1 aliphatic rings. The molecule has 3 rings (SSSR count). The lowest BCUT2D eigenvalue weighted by Gasteiger charge is -2.32. The summed E-state index contributed by atoms with van der Waals surface area (Å²) in [7, 11) is -6.11. The van der Waals surface area contributed by atoms with Gasteiger partial charge in [-0.15, -0.1) is 0 Å². The third-order valence-electron chi connectivity index (χ3n) is 5.71. The van der Waals surface area contributed by atoms with Gasteiger partial charge >= 0.3 is 6.18 Å². The average Bonchev–Trinajstić information content (AvgIpc) is 2.77. The lowest BCUT2D eigenvalue weighted by molar-refractivity contribution is -0.137. The first kappa shape index (κ1) is 26.0. The van der Waals surface area contributed by atoms with Crippen LogP contribution in [0.4, 0.5) is 13.2 Å². The van der Waals surface area contributed by atoms with Crippen molar-refractivity contribution in [3.05, 3.63) is 53.6 Å². The quantitative estimate of drug-likeness (QED) is 0.580. The normalized spacial score (nSPS) is 15.9. The number of hydrogen-bond donors (Lipinski definition) is 0. The molecule has 0 N–H and O–H groups in total. The minimum Gasteiger partial charge on any atom is -0.496 e. The summed E-state index contributed by atoms with van der Waals surface area (Å²) in [5, 5.41) is 0. The van der Waals surface area contributed by atoms with Crippen molar-refractivity contribution in [2.45, 2.75) is 28.8 Å². The zero-order chi connectivity index (χ0) is 25.3. The van der Waals surface area contributed by atoms with Gasteiger partial charge < -0.3 is 9.64 Å². The Morgan fingerprint density at radius 3 is 2.24 bits per heavy atom. The molecule has 1 amide bonds. The molecule has 0 spiro atoms. The smallest absolute Gasteiger partial charge is 0.416 e. The van der Waals surface area contributed by atoms with Crippen LogP contribution < -0.4 is 4.74 Å². The molecule has 34 heavy (non-hydrogen) atoms. The van der Waals surface area contributed by atoms with Gasteiger partial charge in [0.05, 0.1) is 33.8 Å². The fourth-order valence-electron chi connectivity index (χ4n) is 3.82. The van der Waals surface area contributed by atoms with Gasteiger partial charge in [0.1, 0.15) is 5.75 Å². The molecular weight excluding hydrogens is 495 g/mol. The van der Waals surface area contributed by atoms with Crippen LogP contribution >= 0.6 is 0 Å². The highest BCUT2D eigenvalue weighted by atomic mass is 32.2. The molecule has 0 saturated carbocycles. The van der Waals surface area contributed by atoms with Crippen molar-refractivity contribution in [1.82, 2.24) is 4.90 Å². The number of alkyl halides is 3. The van der Waals surface area contributed by atoms with Crippen molar-refractivity contribution in [3.8, 4) is 5.75 Å². The molecule has 1 saturated heterocycles. The molecular formula is C22H24F3NO6S2. The molecule has 12 heteroatoms. The maximum absolute atomic E-state index is 13.0. The van der Waals surface area contributed by atoms with Gasteiger partial charge in [-0.25, -0.2) is 16.8 Å². The van der Waals surface area contributed by atoms with E-state index >= 15 is 0 Å². The molecule has 7 nitrogen and oxygen atoms in total. The predicted molar refractivity (Wildman–Crippen MR) is 118 cm³/mol. The number of halogens is 3. The molecule has 2 aromatic carbocycles. The van der Waals surface area contributed by atoms with E-state index in [0.29, 0.717) is 18.9 Å². The fraction of sp³-hybridized carbons (Fsp3) is 0.409. The molecule has 0 atom stereocenters. The monoisotopic (exact) mass is 519 g/mol. The van der Waals surface area contributed by atoms with E-state index in [1.807, 2.05) is 0 Å². The van der Waals surface area contributed by atoms with Crippen molar-refractivity contribution >= 4 is 25.6 Å². The summed E-state index contributed by atoms with van der Waals surface area (Å²) in [5.41, 5.74) is -0.838. The van der Waals surface area contributed by atoms with Gasteiger partial charge in [-0.3, -0.25) is 4.79 Å². The average molecular weight is 520 g/mol. The predicted octanol–water partition coefficient (Wildman–Crippen LogP) is 3.44. The van der Waals surface area contributed by atoms with E-state index in [0.717, 1.165) is 24.5 Å². The standard InChI is InChI=1S/C22H24F3NO6S2/c1-32-20-13-17(33(2,28)29)6-7-19(20)21(27)26-10-8-15(9-11-26)14-34(30,31)18-5-3-4-16(12-18)22(23,24)25/h3-7,12-13,15H,8-11,14H2,1-2H3. The summed E-state index contributed by atoms with van der Waals surface area (Å²) in [6.45, 7) is 0.497. The number of carbonyl (C=O) groups excluding carboxylic acids is 1. The lowest BCUT2D eigenvalue weighted by atomic mass is 9.98. The van der Waals surface area contributed by atoms with Crippen molar-refractivity contribution in [1.29, 1.82) is 0 Å². The van der Waals surface area contributed by atoms with Crippen LogP contribution in [0.25, 0.3) is 0 Å². The summed E-state index contributed by atoms with van der Waals surface area (Å²) < 4.78 is 92.9. The van der Waals surface area contributed by atoms with Gasteiger partial charge in [-0.1, -0.05) is 6.07 Å². The van der Waals surface area contributed by atoms with Crippen LogP contribution in [0.1, 0.15) is 28.8 Å². The number of likely N-dealkylation sites (tertiary alicyclic amines) is 1. The van der Waals surface area contributed by atoms with Gasteiger partial charge in [-0.2, -0.15) is 13.2 Å². The summed E-state index contributed by atoms with van der Waals surface area (Å²) >= 11 is 0. The van der Waals surface area contributed by atoms with E-state index in [1.54, 1.807) is 0 Å². The number of benzene rings is 2. The first-order valence-corrected chi connectivity index (χ1v) is 13.8. The highest BCUT2D eigenvalue weighted by Crippen LogP contribution is 2.32. The Hall–Kier alpha value is -2.60. The third kappa shape index (κ3) is 5.90. The first-order chi connectivity index (χ1) is 15.7. The second-order valence-electron chi connectivity index (χ2n) is 8.18. The van der Waals surface area contributed by atoms with Crippen molar-refractivity contribution < 1.29 is 39.5 Å². The highest BCUT2D eigenvalue weighted by Gasteiger charge is 2.33. The Morgan fingerprint density at radius 2 is 1.68 bits per heavy atom. The topological polar surface area (TPSA) is 97.8 Å². The van der Waals surface area contributed by atoms with Crippen LogP contribution in [0.15, 0.2) is 52.3 Å². The number of piperidine rings is 1. The van der Waals surface area contributed by atoms with Gasteiger partial charge in [-0.05, 0) is 55.2 Å². The van der Waals surface area contributed by atoms with Crippen molar-refractivity contribution in [2.24, 2.45) is 5.92 Å². The molecule has 0 aliphatic carbocycles. The fourth-order valence-corrected chi connectivity index (χ4v) is 6.20. The number of ether oxygens (including phenoxy) is 1. The van der Waals surface area contributed by atoms with E-state index in [2.05, 4.69) is 0 Å². The Bertz CT molecular complexity index is 1280. The Morgan fingerprint density at radius 1 is 1.03 bits per heavy atom. The first-order valence-electron chi connectivity index (χ1n) is 10.3. The molecule has 1 fully saturated rings. The molecule has 2 aromatic rings. The van der Waals surface area contributed by atoms with Crippen LogP contribution in [-0.4, -0.2) is 59.9 Å². The second-order valence-corrected chi connectivity index (χ2v) is 12.2. The van der Waals surface area contributed by atoms with Crippen LogP contribution in [0.2, 0.25) is 0 Å². The van der Waals surface area contributed by atoms with E-state index in [1.165, 1.54) is 30.2 Å². The van der Waals surface area contributed by atoms with Gasteiger partial charge in [0.2, 0.25) is 0 Å². The number of amides is 1. The number of carbonyl (C=O) groups is 1. The van der Waals surface area contributed by atoms with E-state index < -0.39 is 31.4 Å². The highest BCUT2D eigenvalue weighted by molar-refractivity contribution is 7.91. The number of nitrogens with zero attached hydrogens (tertiary/aromatic N) is 1. The summed E-state index contributed by atoms with van der Waals surface area (Å²) in [4.78, 5) is 14.1. The molecule has 0 radical (unpaired) electrons. The van der Waals surface area contributed by atoms with E-state index in [4.69, 9.17) is 4.74 Å². The van der Waals surface area contributed by atoms with E-state index in [9.17, 15) is 34.8 Å². The van der Waals surface area contributed by atoms with Gasteiger partial charge in [0, 0.05) is 19.3 Å². The number of hydrogen-bond acceptors (Lipinski definition) is 6. The van der Waals surface area contributed by atoms with Gasteiger partial charge in [0.25, 0.3) is 5.91 Å². The Labute approximate surface area is 196 Å². The maximum Gasteiger partial charge on any atom is 0.416 e. The largest absolute Gasteiger partial charge is 0.496 e. The molecule has 1 heterocycles. The SMILES string of the molecule is COc1cc(S(C)(=O)=O)ccc1C(=O)N1CCC(CS(=O)(=O)c2cccc(C(F)(F)F)c2)CC1. The number of methoxy groups -OCH3 is 1. The summed E-state index contributed by atoms with van der Waals surface area (Å²) in [6.07, 6.45) is -2.89. The molecule has 1 aliphatic heterocycles. The third-order valence-corrected chi connectivity index (χ3v) is 8.70. The van der Waals surface area contributed by atoms with E-state index in [-0.39, 0.29) is 51.8 Å². The van der Waals surface area contributed by atoms with Crippen molar-refractivity contribution in [2.75, 3.05) is 32.2 Å². The maximum atomic E-state index is 13.0. The molecule has 0 unspecified atom stereocenters. The minimum atomic E-state index is -4.64. The van der Waals surface area contributed by atoms with Gasteiger partial charge in [0.15, 0.2) is 19.7 Å². The minimum absolute atomic E-state index is 0.0133. The van der Waals surface area contributed by atoms with Crippen LogP contribution in [0.5, 0.6) is 5.75 Å². The second kappa shape index (κ2) is 9.57. The molecule has 186 valence electrons. The lowest BCUT2D eigenvalue weighted by Crippen LogP contribution is -2.40. The number of sulfone groups is 2. The van der Waals surface area contributed by atoms with Crippen LogP contribution in [0.3, 0.4) is 0 Å². The molecule has 0 bridgehead atoms. The Balaban J connectivity index is 1.68. The summed E-state index contributed by atoms with van der Waals surface area (Å²) in [5.74, 6) is -0.903. The number of rotatable bonds is 6.